The SMILES string of the molecule is O=S(=O)(c1ccc(Cl)cn1)N1CCC(O)(CO)C1. The van der Waals surface area contributed by atoms with Crippen molar-refractivity contribution >= 4 is 21.6 Å². The molecule has 100 valence electrons. The van der Waals surface area contributed by atoms with Gasteiger partial charge in [0.1, 0.15) is 5.60 Å². The molecule has 18 heavy (non-hydrogen) atoms. The summed E-state index contributed by atoms with van der Waals surface area (Å²) < 4.78 is 25.5. The predicted octanol–water partition coefficient (Wildman–Crippen LogP) is -0.147. The van der Waals surface area contributed by atoms with Crippen LogP contribution in [0.4, 0.5) is 0 Å². The molecule has 8 heteroatoms. The Labute approximate surface area is 110 Å². The fraction of sp³-hybridized carbons (Fsp3) is 0.500. The van der Waals surface area contributed by atoms with Crippen molar-refractivity contribution in [3.05, 3.63) is 23.4 Å². The summed E-state index contributed by atoms with van der Waals surface area (Å²) in [7, 11) is -3.74. The highest BCUT2D eigenvalue weighted by Crippen LogP contribution is 2.26. The summed E-state index contributed by atoms with van der Waals surface area (Å²) in [5.41, 5.74) is -1.36. The number of sulfonamides is 1. The smallest absolute Gasteiger partial charge is 0.260 e. The molecule has 1 aliphatic heterocycles. The fourth-order valence-corrected chi connectivity index (χ4v) is 3.34. The van der Waals surface area contributed by atoms with E-state index in [0.29, 0.717) is 5.02 Å². The Bertz CT molecular complexity index is 533. The number of pyridine rings is 1. The van der Waals surface area contributed by atoms with Gasteiger partial charge in [-0.1, -0.05) is 11.6 Å². The van der Waals surface area contributed by atoms with Gasteiger partial charge in [0, 0.05) is 19.3 Å². The maximum absolute atomic E-state index is 12.2. The largest absolute Gasteiger partial charge is 0.393 e. The fourth-order valence-electron chi connectivity index (χ4n) is 1.80. The van der Waals surface area contributed by atoms with Gasteiger partial charge < -0.3 is 10.2 Å². The number of hydrogen-bond acceptors (Lipinski definition) is 5. The third-order valence-corrected chi connectivity index (χ3v) is 4.88. The van der Waals surface area contributed by atoms with E-state index < -0.39 is 22.2 Å². The quantitative estimate of drug-likeness (QED) is 0.809. The number of halogens is 1. The van der Waals surface area contributed by atoms with Crippen LogP contribution in [0.5, 0.6) is 0 Å². The van der Waals surface area contributed by atoms with Crippen LogP contribution in [0.2, 0.25) is 5.02 Å². The summed E-state index contributed by atoms with van der Waals surface area (Å²) >= 11 is 5.65. The van der Waals surface area contributed by atoms with Crippen molar-refractivity contribution in [3.63, 3.8) is 0 Å². The lowest BCUT2D eigenvalue weighted by atomic mass is 10.1. The van der Waals surface area contributed by atoms with Gasteiger partial charge in [0.25, 0.3) is 10.0 Å². The van der Waals surface area contributed by atoms with E-state index in [2.05, 4.69) is 4.98 Å². The van der Waals surface area contributed by atoms with E-state index in [9.17, 15) is 13.5 Å². The molecule has 1 atom stereocenters. The second-order valence-corrected chi connectivity index (χ2v) is 6.61. The van der Waals surface area contributed by atoms with E-state index in [1.165, 1.54) is 18.3 Å². The van der Waals surface area contributed by atoms with Gasteiger partial charge in [-0.05, 0) is 18.6 Å². The Hall–Kier alpha value is -0.730. The first kappa shape index (κ1) is 13.7. The predicted molar refractivity (Wildman–Crippen MR) is 64.7 cm³/mol. The lowest BCUT2D eigenvalue weighted by Crippen LogP contribution is -2.38. The summed E-state index contributed by atoms with van der Waals surface area (Å²) in [6.45, 7) is -0.438. The molecule has 2 N–H and O–H groups in total. The van der Waals surface area contributed by atoms with Crippen LogP contribution in [-0.4, -0.2) is 53.2 Å². The number of aliphatic hydroxyl groups excluding tert-OH is 1. The molecule has 0 spiro atoms. The van der Waals surface area contributed by atoms with Crippen molar-refractivity contribution in [1.29, 1.82) is 0 Å². The molecule has 1 aromatic heterocycles. The Morgan fingerprint density at radius 3 is 2.72 bits per heavy atom. The Morgan fingerprint density at radius 1 is 1.50 bits per heavy atom. The van der Waals surface area contributed by atoms with Gasteiger partial charge in [-0.3, -0.25) is 0 Å². The van der Waals surface area contributed by atoms with E-state index in [4.69, 9.17) is 16.7 Å². The van der Waals surface area contributed by atoms with Gasteiger partial charge in [0.15, 0.2) is 5.03 Å². The van der Waals surface area contributed by atoms with Gasteiger partial charge in [-0.25, -0.2) is 13.4 Å². The summed E-state index contributed by atoms with van der Waals surface area (Å²) in [4.78, 5) is 3.76. The molecule has 1 aromatic rings. The first-order valence-electron chi connectivity index (χ1n) is 5.32. The van der Waals surface area contributed by atoms with Crippen LogP contribution in [0.3, 0.4) is 0 Å². The van der Waals surface area contributed by atoms with Crippen LogP contribution in [0.25, 0.3) is 0 Å². The van der Waals surface area contributed by atoms with Crippen molar-refractivity contribution in [2.24, 2.45) is 0 Å². The van der Waals surface area contributed by atoms with Crippen LogP contribution >= 0.6 is 11.6 Å². The molecule has 0 amide bonds. The average molecular weight is 293 g/mol. The van der Waals surface area contributed by atoms with Crippen LogP contribution < -0.4 is 0 Å². The monoisotopic (exact) mass is 292 g/mol. The van der Waals surface area contributed by atoms with Crippen molar-refractivity contribution in [2.45, 2.75) is 17.0 Å². The topological polar surface area (TPSA) is 90.7 Å². The van der Waals surface area contributed by atoms with Crippen molar-refractivity contribution in [1.82, 2.24) is 9.29 Å². The van der Waals surface area contributed by atoms with E-state index in [1.807, 2.05) is 0 Å². The molecule has 0 radical (unpaired) electrons. The zero-order valence-corrected chi connectivity index (χ0v) is 11.0. The normalized spacial score (nSPS) is 25.5. The highest BCUT2D eigenvalue weighted by atomic mass is 35.5. The van der Waals surface area contributed by atoms with E-state index in [1.54, 1.807) is 0 Å². The molecule has 0 aliphatic carbocycles. The molecule has 1 saturated heterocycles. The van der Waals surface area contributed by atoms with Gasteiger partial charge in [-0.2, -0.15) is 4.31 Å². The first-order chi connectivity index (χ1) is 8.37. The lowest BCUT2D eigenvalue weighted by molar-refractivity contribution is -0.000743. The third-order valence-electron chi connectivity index (χ3n) is 2.90. The number of aliphatic hydroxyl groups is 2. The van der Waals surface area contributed by atoms with E-state index in [0.717, 1.165) is 4.31 Å². The number of aromatic nitrogens is 1. The van der Waals surface area contributed by atoms with Crippen LogP contribution in [0.1, 0.15) is 6.42 Å². The molecule has 2 rings (SSSR count). The molecule has 1 unspecified atom stereocenters. The summed E-state index contributed by atoms with van der Waals surface area (Å²) in [5, 5.41) is 19.1. The minimum Gasteiger partial charge on any atom is -0.393 e. The summed E-state index contributed by atoms with van der Waals surface area (Å²) in [6.07, 6.45) is 1.46. The van der Waals surface area contributed by atoms with Crippen LogP contribution in [0.15, 0.2) is 23.4 Å². The Balaban J connectivity index is 2.25. The van der Waals surface area contributed by atoms with Crippen LogP contribution in [-0.2, 0) is 10.0 Å². The Kier molecular flexibility index (Phi) is 3.61. The highest BCUT2D eigenvalue weighted by molar-refractivity contribution is 7.89. The summed E-state index contributed by atoms with van der Waals surface area (Å²) in [5.74, 6) is 0. The number of β-amino-alcohol motifs (C(OH)–C–C–N with tert-alkyl or cyclic N) is 1. The zero-order chi connectivity index (χ0) is 13.4. The molecule has 0 aromatic carbocycles. The van der Waals surface area contributed by atoms with Crippen molar-refractivity contribution in [2.75, 3.05) is 19.7 Å². The molecule has 0 bridgehead atoms. The van der Waals surface area contributed by atoms with E-state index >= 15 is 0 Å². The molecule has 1 aliphatic rings. The number of hydrogen-bond donors (Lipinski definition) is 2. The minimum atomic E-state index is -3.74. The summed E-state index contributed by atoms with van der Waals surface area (Å²) in [6, 6.07) is 2.75. The molecule has 6 nitrogen and oxygen atoms in total. The Morgan fingerprint density at radius 2 is 2.22 bits per heavy atom. The average Bonchev–Trinajstić information content (AvgIpc) is 2.74. The molecule has 1 fully saturated rings. The molecular weight excluding hydrogens is 280 g/mol. The molecular formula is C10H13ClN2O4S. The molecule has 2 heterocycles. The van der Waals surface area contributed by atoms with Crippen molar-refractivity contribution < 1.29 is 18.6 Å². The number of rotatable bonds is 3. The lowest BCUT2D eigenvalue weighted by Gasteiger charge is -2.20. The highest BCUT2D eigenvalue weighted by Gasteiger charge is 2.41. The van der Waals surface area contributed by atoms with Gasteiger partial charge in [0.2, 0.25) is 0 Å². The standard InChI is InChI=1S/C10H13ClN2O4S/c11-8-1-2-9(12-5-8)18(16,17)13-4-3-10(15,6-13)7-14/h1-2,5,14-15H,3-4,6-7H2. The van der Waals surface area contributed by atoms with Gasteiger partial charge >= 0.3 is 0 Å². The first-order valence-corrected chi connectivity index (χ1v) is 7.14. The van der Waals surface area contributed by atoms with E-state index in [-0.39, 0.29) is 24.5 Å². The van der Waals surface area contributed by atoms with Gasteiger partial charge in [-0.15, -0.1) is 0 Å². The minimum absolute atomic E-state index is 0.117. The zero-order valence-electron chi connectivity index (χ0n) is 9.45. The second-order valence-electron chi connectivity index (χ2n) is 4.29. The second kappa shape index (κ2) is 4.75. The van der Waals surface area contributed by atoms with Crippen LogP contribution in [0, 0.1) is 0 Å². The maximum atomic E-state index is 12.2. The molecule has 0 saturated carbocycles. The number of nitrogens with zero attached hydrogens (tertiary/aromatic N) is 2. The van der Waals surface area contributed by atoms with Gasteiger partial charge in [0.05, 0.1) is 11.6 Å². The van der Waals surface area contributed by atoms with Crippen molar-refractivity contribution in [3.8, 4) is 0 Å². The third kappa shape index (κ3) is 2.50. The maximum Gasteiger partial charge on any atom is 0.260 e.